The summed E-state index contributed by atoms with van der Waals surface area (Å²) < 4.78 is 8.74. The monoisotopic (exact) mass is 183 g/mol. The average molecular weight is 183 g/mol. The average Bonchev–Trinajstić information content (AvgIpc) is 1.85. The zero-order valence-corrected chi connectivity index (χ0v) is 6.50. The second-order valence-corrected chi connectivity index (χ2v) is 1.67. The maximum atomic E-state index is 9.95. The molecule has 0 rings (SSSR count). The zero-order chi connectivity index (χ0) is 8.57. The first kappa shape index (κ1) is 16.8. The lowest BCUT2D eigenvalue weighted by atomic mass is 10.6. The molecule has 0 aliphatic carbocycles. The molecule has 3 N–H and O–H groups in total. The Morgan fingerprint density at radius 2 is 1.91 bits per heavy atom. The zero-order valence-electron chi connectivity index (χ0n) is 5.50. The van der Waals surface area contributed by atoms with Crippen LogP contribution in [0.3, 0.4) is 0 Å². The van der Waals surface area contributed by atoms with E-state index in [0.717, 1.165) is 0 Å². The van der Waals surface area contributed by atoms with Crippen LogP contribution in [-0.2, 0) is 9.36 Å². The van der Waals surface area contributed by atoms with Crippen LogP contribution in [-0.4, -0.2) is 22.7 Å². The number of hydrogen-bond acceptors (Lipinski definition) is 2. The van der Waals surface area contributed by atoms with Crippen LogP contribution in [0.4, 0.5) is 0 Å². The second kappa shape index (κ2) is 12.1. The molecule has 0 radical (unpaired) electrons. The van der Waals surface area contributed by atoms with Crippen molar-refractivity contribution in [2.45, 2.75) is 7.43 Å². The van der Waals surface area contributed by atoms with Crippen molar-refractivity contribution in [2.75, 3.05) is 7.05 Å². The molecule has 1 amide bonds. The predicted octanol–water partition coefficient (Wildman–Crippen LogP) is -0.0848. The van der Waals surface area contributed by atoms with Gasteiger partial charge in [0, 0.05) is 7.05 Å². The molecule has 68 valence electrons. The van der Waals surface area contributed by atoms with Gasteiger partial charge in [-0.2, -0.15) is 0 Å². The van der Waals surface area contributed by atoms with Crippen LogP contribution >= 0.6 is 8.25 Å². The fraction of sp³-hybridized carbons (Fsp3) is 0.400. The lowest BCUT2D eigenvalue weighted by Gasteiger charge is -1.82. The number of nitrogens with one attached hydrogen (secondary N) is 1. The van der Waals surface area contributed by atoms with E-state index in [4.69, 9.17) is 14.4 Å². The van der Waals surface area contributed by atoms with Gasteiger partial charge in [0.2, 0.25) is 5.91 Å². The van der Waals surface area contributed by atoms with E-state index in [2.05, 4.69) is 11.9 Å². The smallest absolute Gasteiger partial charge is 0.314 e. The molecule has 11 heavy (non-hydrogen) atoms. The largest absolute Gasteiger partial charge is 0.356 e. The fourth-order valence-corrected chi connectivity index (χ4v) is 0.102. The highest BCUT2D eigenvalue weighted by Gasteiger charge is 1.78. The molecule has 0 bridgehead atoms. The molecule has 0 aromatic carbocycles. The molecule has 0 aromatic rings. The van der Waals surface area contributed by atoms with Crippen LogP contribution in [0.15, 0.2) is 12.7 Å². The third-order valence-electron chi connectivity index (χ3n) is 0.432. The molecule has 0 saturated carbocycles. The number of likely N-dealkylation sites (N-methyl/N-ethyl adjacent to an activating group) is 1. The van der Waals surface area contributed by atoms with Gasteiger partial charge in [-0.1, -0.05) is 14.0 Å². The van der Waals surface area contributed by atoms with E-state index in [9.17, 15) is 4.79 Å². The summed E-state index contributed by atoms with van der Waals surface area (Å²) in [5.41, 5.74) is 0. The fourth-order valence-electron chi connectivity index (χ4n) is 0.102. The van der Waals surface area contributed by atoms with Crippen molar-refractivity contribution in [3.05, 3.63) is 12.7 Å². The van der Waals surface area contributed by atoms with Crippen molar-refractivity contribution in [2.24, 2.45) is 0 Å². The van der Waals surface area contributed by atoms with Crippen LogP contribution in [0.2, 0.25) is 0 Å². The van der Waals surface area contributed by atoms with E-state index in [1.807, 2.05) is 0 Å². The van der Waals surface area contributed by atoms with Gasteiger partial charge in [0.1, 0.15) is 0 Å². The van der Waals surface area contributed by atoms with Gasteiger partial charge in [0.15, 0.2) is 0 Å². The van der Waals surface area contributed by atoms with Crippen molar-refractivity contribution in [3.8, 4) is 0 Å². The Hall–Kier alpha value is -0.640. The van der Waals surface area contributed by atoms with Crippen molar-refractivity contribution in [1.82, 2.24) is 5.32 Å². The van der Waals surface area contributed by atoms with E-state index in [1.54, 1.807) is 7.05 Å². The molecule has 0 aliphatic rings. The van der Waals surface area contributed by atoms with Gasteiger partial charge in [0.25, 0.3) is 0 Å². The first-order valence-electron chi connectivity index (χ1n) is 2.30. The highest BCUT2D eigenvalue weighted by atomic mass is 31.1. The lowest BCUT2D eigenvalue weighted by Crippen LogP contribution is -2.13. The molecule has 0 aliphatic heterocycles. The number of rotatable bonds is 1. The number of amides is 1. The van der Waals surface area contributed by atoms with Crippen molar-refractivity contribution in [3.63, 3.8) is 0 Å². The standard InChI is InChI=1S/C4H7NO.CH4.H3O3P/c1-3-4(6)5-2;;1-4(2)3/h3H,1H2,2H3,(H,5,6);1H4;4H,(H2,1,2,3). The molecular weight excluding hydrogens is 169 g/mol. The topological polar surface area (TPSA) is 86.6 Å². The molecule has 0 unspecified atom stereocenters. The Bertz CT molecular complexity index is 132. The third-order valence-corrected chi connectivity index (χ3v) is 0.432. The first-order valence-corrected chi connectivity index (χ1v) is 3.61. The number of hydrogen-bond donors (Lipinski definition) is 3. The van der Waals surface area contributed by atoms with E-state index in [0.29, 0.717) is 0 Å². The minimum Gasteiger partial charge on any atom is -0.356 e. The van der Waals surface area contributed by atoms with Gasteiger partial charge in [-0.15, -0.1) is 0 Å². The van der Waals surface area contributed by atoms with Crippen LogP contribution in [0.5, 0.6) is 0 Å². The Balaban J connectivity index is -0.000000114. The van der Waals surface area contributed by atoms with Gasteiger partial charge in [-0.25, -0.2) is 0 Å². The maximum absolute atomic E-state index is 9.95. The molecule has 0 atom stereocenters. The van der Waals surface area contributed by atoms with E-state index in [-0.39, 0.29) is 13.3 Å². The molecule has 0 heterocycles. The van der Waals surface area contributed by atoms with Crippen LogP contribution in [0.25, 0.3) is 0 Å². The summed E-state index contributed by atoms with van der Waals surface area (Å²) in [5, 5.41) is 2.36. The lowest BCUT2D eigenvalue weighted by molar-refractivity contribution is -0.116. The van der Waals surface area contributed by atoms with E-state index >= 15 is 0 Å². The Morgan fingerprint density at radius 1 is 1.64 bits per heavy atom. The molecule has 6 heteroatoms. The maximum Gasteiger partial charge on any atom is 0.314 e. The quantitative estimate of drug-likeness (QED) is 0.392. The highest BCUT2D eigenvalue weighted by molar-refractivity contribution is 7.30. The van der Waals surface area contributed by atoms with Crippen molar-refractivity contribution < 1.29 is 19.1 Å². The third kappa shape index (κ3) is 44.9. The van der Waals surface area contributed by atoms with Gasteiger partial charge < -0.3 is 15.1 Å². The van der Waals surface area contributed by atoms with Gasteiger partial charge >= 0.3 is 8.25 Å². The Kier molecular flexibility index (Phi) is 18.4. The van der Waals surface area contributed by atoms with Gasteiger partial charge in [-0.3, -0.25) is 9.36 Å². The number of carbonyl (C=O) groups excluding carboxylic acids is 1. The molecular formula is C5H14NO4P. The normalized spacial score (nSPS) is 6.91. The molecule has 0 spiro atoms. The van der Waals surface area contributed by atoms with E-state index < -0.39 is 8.25 Å². The van der Waals surface area contributed by atoms with E-state index in [1.165, 1.54) is 6.08 Å². The summed E-state index contributed by atoms with van der Waals surface area (Å²) in [6.45, 7) is 3.22. The Labute approximate surface area is 66.7 Å². The summed E-state index contributed by atoms with van der Waals surface area (Å²) in [6, 6.07) is 0. The summed E-state index contributed by atoms with van der Waals surface area (Å²) in [7, 11) is -1.57. The highest BCUT2D eigenvalue weighted by Crippen LogP contribution is 1.98. The first-order chi connectivity index (χ1) is 4.54. The van der Waals surface area contributed by atoms with Crippen LogP contribution in [0.1, 0.15) is 7.43 Å². The van der Waals surface area contributed by atoms with Gasteiger partial charge in [-0.05, 0) is 6.08 Å². The van der Waals surface area contributed by atoms with Crippen LogP contribution < -0.4 is 5.32 Å². The SMILES string of the molecule is C.C=CC(=O)NC.O=[PH](O)O. The number of carbonyl (C=O) groups is 1. The summed E-state index contributed by atoms with van der Waals surface area (Å²) in [6.07, 6.45) is 1.22. The summed E-state index contributed by atoms with van der Waals surface area (Å²) in [5.74, 6) is -0.144. The summed E-state index contributed by atoms with van der Waals surface area (Å²) in [4.78, 5) is 24.3. The Morgan fingerprint density at radius 3 is 1.91 bits per heavy atom. The minimum atomic E-state index is -3.13. The molecule has 0 saturated heterocycles. The minimum absolute atomic E-state index is 0. The molecule has 0 fully saturated rings. The van der Waals surface area contributed by atoms with Crippen molar-refractivity contribution >= 4 is 14.2 Å². The van der Waals surface area contributed by atoms with Gasteiger partial charge in [0.05, 0.1) is 0 Å². The summed E-state index contributed by atoms with van der Waals surface area (Å²) >= 11 is 0. The van der Waals surface area contributed by atoms with Crippen LogP contribution in [0, 0.1) is 0 Å². The predicted molar refractivity (Wildman–Crippen MR) is 44.4 cm³/mol. The van der Waals surface area contributed by atoms with Crippen molar-refractivity contribution in [1.29, 1.82) is 0 Å². The second-order valence-electron chi connectivity index (χ2n) is 1.10. The molecule has 5 nitrogen and oxygen atoms in total. The molecule has 0 aromatic heterocycles.